The van der Waals surface area contributed by atoms with Crippen molar-refractivity contribution in [1.82, 2.24) is 15.1 Å². The van der Waals surface area contributed by atoms with Gasteiger partial charge in [0.05, 0.1) is 16.7 Å². The molecule has 1 aromatic rings. The minimum atomic E-state index is 0.0507. The van der Waals surface area contributed by atoms with Crippen molar-refractivity contribution in [2.24, 2.45) is 0 Å². The van der Waals surface area contributed by atoms with Gasteiger partial charge in [0.25, 0.3) is 0 Å². The molecule has 0 bridgehead atoms. The zero-order valence-electron chi connectivity index (χ0n) is 11.1. The number of amides is 1. The standard InChI is InChI=1S/C12H20BrN3O2/c1-9-12(13)10(2)16(15-9)7-5-11(17)14-6-4-8-18-3/h4-8H2,1-3H3,(H,14,17). The molecule has 0 saturated carbocycles. The van der Waals surface area contributed by atoms with Crippen LogP contribution >= 0.6 is 15.9 Å². The molecule has 6 heteroatoms. The first-order chi connectivity index (χ1) is 8.56. The van der Waals surface area contributed by atoms with Crippen molar-refractivity contribution >= 4 is 21.8 Å². The lowest BCUT2D eigenvalue weighted by Crippen LogP contribution is -2.26. The molecule has 0 atom stereocenters. The van der Waals surface area contributed by atoms with Crippen molar-refractivity contribution in [3.8, 4) is 0 Å². The maximum atomic E-state index is 11.6. The normalized spacial score (nSPS) is 10.7. The van der Waals surface area contributed by atoms with Crippen molar-refractivity contribution in [3.63, 3.8) is 0 Å². The summed E-state index contributed by atoms with van der Waals surface area (Å²) in [4.78, 5) is 11.6. The number of hydrogen-bond acceptors (Lipinski definition) is 3. The number of aromatic nitrogens is 2. The SMILES string of the molecule is COCCCNC(=O)CCn1nc(C)c(Br)c1C. The van der Waals surface area contributed by atoms with Crippen LogP contribution in [-0.4, -0.2) is 35.9 Å². The van der Waals surface area contributed by atoms with E-state index in [1.54, 1.807) is 7.11 Å². The number of nitrogens with zero attached hydrogens (tertiary/aromatic N) is 2. The summed E-state index contributed by atoms with van der Waals surface area (Å²) in [6.45, 7) is 5.87. The van der Waals surface area contributed by atoms with Crippen LogP contribution < -0.4 is 5.32 Å². The summed E-state index contributed by atoms with van der Waals surface area (Å²) in [6.07, 6.45) is 1.29. The Bertz CT molecular complexity index is 404. The van der Waals surface area contributed by atoms with Gasteiger partial charge in [0.1, 0.15) is 0 Å². The molecule has 0 fully saturated rings. The van der Waals surface area contributed by atoms with Crippen molar-refractivity contribution < 1.29 is 9.53 Å². The van der Waals surface area contributed by atoms with E-state index in [1.807, 2.05) is 18.5 Å². The molecule has 0 aromatic carbocycles. The molecule has 1 heterocycles. The molecule has 5 nitrogen and oxygen atoms in total. The fourth-order valence-corrected chi connectivity index (χ4v) is 1.92. The topological polar surface area (TPSA) is 56.1 Å². The van der Waals surface area contributed by atoms with Gasteiger partial charge in [-0.2, -0.15) is 5.10 Å². The Morgan fingerprint density at radius 3 is 2.78 bits per heavy atom. The van der Waals surface area contributed by atoms with Gasteiger partial charge in [-0.3, -0.25) is 9.48 Å². The molecule has 0 radical (unpaired) electrons. The van der Waals surface area contributed by atoms with Crippen LogP contribution in [0.4, 0.5) is 0 Å². The van der Waals surface area contributed by atoms with Crippen LogP contribution in [0.1, 0.15) is 24.2 Å². The molecule has 0 spiro atoms. The maximum Gasteiger partial charge on any atom is 0.221 e. The molecule has 1 aromatic heterocycles. The van der Waals surface area contributed by atoms with Gasteiger partial charge in [-0.25, -0.2) is 0 Å². The summed E-state index contributed by atoms with van der Waals surface area (Å²) in [5, 5.41) is 7.22. The van der Waals surface area contributed by atoms with Gasteiger partial charge in [-0.15, -0.1) is 0 Å². The van der Waals surface area contributed by atoms with Gasteiger partial charge >= 0.3 is 0 Å². The Kier molecular flexibility index (Phi) is 6.35. The van der Waals surface area contributed by atoms with Crippen LogP contribution in [-0.2, 0) is 16.1 Å². The van der Waals surface area contributed by atoms with Crippen LogP contribution in [0.2, 0.25) is 0 Å². The summed E-state index contributed by atoms with van der Waals surface area (Å²) >= 11 is 3.47. The summed E-state index contributed by atoms with van der Waals surface area (Å²) in [5.74, 6) is 0.0507. The highest BCUT2D eigenvalue weighted by atomic mass is 79.9. The fourth-order valence-electron chi connectivity index (χ4n) is 1.63. The second-order valence-corrected chi connectivity index (χ2v) is 4.95. The highest BCUT2D eigenvalue weighted by Crippen LogP contribution is 2.19. The van der Waals surface area contributed by atoms with Crippen LogP contribution in [0.5, 0.6) is 0 Å². The number of carbonyl (C=O) groups excluding carboxylic acids is 1. The van der Waals surface area contributed by atoms with E-state index in [0.717, 1.165) is 22.3 Å². The number of rotatable bonds is 7. The number of hydrogen-bond donors (Lipinski definition) is 1. The van der Waals surface area contributed by atoms with Gasteiger partial charge in [-0.05, 0) is 36.2 Å². The lowest BCUT2D eigenvalue weighted by molar-refractivity contribution is -0.121. The number of carbonyl (C=O) groups is 1. The van der Waals surface area contributed by atoms with Crippen molar-refractivity contribution in [2.45, 2.75) is 33.2 Å². The van der Waals surface area contributed by atoms with Crippen LogP contribution in [0.25, 0.3) is 0 Å². The molecule has 0 unspecified atom stereocenters. The average molecular weight is 318 g/mol. The van der Waals surface area contributed by atoms with Crippen LogP contribution in [0.15, 0.2) is 4.47 Å². The molecule has 1 N–H and O–H groups in total. The van der Waals surface area contributed by atoms with Crippen LogP contribution in [0.3, 0.4) is 0 Å². The van der Waals surface area contributed by atoms with E-state index in [2.05, 4.69) is 26.3 Å². The largest absolute Gasteiger partial charge is 0.385 e. The Balaban J connectivity index is 2.31. The molecule has 0 aliphatic heterocycles. The second-order valence-electron chi connectivity index (χ2n) is 4.15. The van der Waals surface area contributed by atoms with Gasteiger partial charge in [0.2, 0.25) is 5.91 Å². The monoisotopic (exact) mass is 317 g/mol. The third kappa shape index (κ3) is 4.42. The summed E-state index contributed by atoms with van der Waals surface area (Å²) < 4.78 is 7.79. The molecule has 0 aliphatic carbocycles. The summed E-state index contributed by atoms with van der Waals surface area (Å²) in [5.41, 5.74) is 2.01. The Labute approximate surface area is 116 Å². The quantitative estimate of drug-likeness (QED) is 0.780. The molecular formula is C12H20BrN3O2. The van der Waals surface area contributed by atoms with E-state index < -0.39 is 0 Å². The Morgan fingerprint density at radius 2 is 2.22 bits per heavy atom. The first-order valence-corrected chi connectivity index (χ1v) is 6.80. The predicted octanol–water partition coefficient (Wildman–Crippen LogP) is 1.81. The average Bonchev–Trinajstić information content (AvgIpc) is 2.60. The van der Waals surface area contributed by atoms with Crippen LogP contribution in [0, 0.1) is 13.8 Å². The predicted molar refractivity (Wildman–Crippen MR) is 73.5 cm³/mol. The summed E-state index contributed by atoms with van der Waals surface area (Å²) in [7, 11) is 1.66. The molecular weight excluding hydrogens is 298 g/mol. The third-order valence-electron chi connectivity index (χ3n) is 2.69. The van der Waals surface area contributed by atoms with Crippen molar-refractivity contribution in [1.29, 1.82) is 0 Å². The Hall–Kier alpha value is -0.880. The van der Waals surface area contributed by atoms with E-state index in [4.69, 9.17) is 4.74 Å². The summed E-state index contributed by atoms with van der Waals surface area (Å²) in [6, 6.07) is 0. The highest BCUT2D eigenvalue weighted by Gasteiger charge is 2.09. The second kappa shape index (κ2) is 7.53. The lowest BCUT2D eigenvalue weighted by atomic mass is 10.3. The molecule has 102 valence electrons. The number of aryl methyl sites for hydroxylation is 2. The van der Waals surface area contributed by atoms with Crippen molar-refractivity contribution in [3.05, 3.63) is 15.9 Å². The number of halogens is 1. The molecule has 1 amide bonds. The van der Waals surface area contributed by atoms with Gasteiger partial charge in [0, 0.05) is 32.4 Å². The van der Waals surface area contributed by atoms with E-state index in [9.17, 15) is 4.79 Å². The number of nitrogens with one attached hydrogen (secondary N) is 1. The minimum absolute atomic E-state index is 0.0507. The fraction of sp³-hybridized carbons (Fsp3) is 0.667. The lowest BCUT2D eigenvalue weighted by Gasteiger charge is -2.06. The van der Waals surface area contributed by atoms with Gasteiger partial charge in [0.15, 0.2) is 0 Å². The van der Waals surface area contributed by atoms with Crippen molar-refractivity contribution in [2.75, 3.05) is 20.3 Å². The molecule has 0 aliphatic rings. The Morgan fingerprint density at radius 1 is 1.50 bits per heavy atom. The van der Waals surface area contributed by atoms with Gasteiger partial charge < -0.3 is 10.1 Å². The van der Waals surface area contributed by atoms with Gasteiger partial charge in [-0.1, -0.05) is 0 Å². The highest BCUT2D eigenvalue weighted by molar-refractivity contribution is 9.10. The smallest absolute Gasteiger partial charge is 0.221 e. The number of methoxy groups -OCH3 is 1. The van der Waals surface area contributed by atoms with E-state index in [-0.39, 0.29) is 5.91 Å². The number of ether oxygens (including phenoxy) is 1. The zero-order valence-corrected chi connectivity index (χ0v) is 12.7. The molecule has 0 saturated heterocycles. The third-order valence-corrected chi connectivity index (χ3v) is 3.84. The van der Waals surface area contributed by atoms with E-state index in [0.29, 0.717) is 26.1 Å². The first-order valence-electron chi connectivity index (χ1n) is 6.01. The maximum absolute atomic E-state index is 11.6. The molecule has 18 heavy (non-hydrogen) atoms. The zero-order chi connectivity index (χ0) is 13.5. The van der Waals surface area contributed by atoms with E-state index >= 15 is 0 Å². The minimum Gasteiger partial charge on any atom is -0.385 e. The molecule has 1 rings (SSSR count). The first kappa shape index (κ1) is 15.2. The van der Waals surface area contributed by atoms with E-state index in [1.165, 1.54) is 0 Å².